The Hall–Kier alpha value is -1.02. The molecule has 1 saturated carbocycles. The molecule has 1 heterocycles. The Morgan fingerprint density at radius 1 is 1.05 bits per heavy atom. The van der Waals surface area contributed by atoms with E-state index in [1.165, 1.54) is 62.7 Å². The molecule has 2 heteroatoms. The lowest BCUT2D eigenvalue weighted by atomic mass is 9.93. The second-order valence-corrected chi connectivity index (χ2v) is 6.24. The van der Waals surface area contributed by atoms with Crippen molar-refractivity contribution in [3.05, 3.63) is 29.8 Å². The summed E-state index contributed by atoms with van der Waals surface area (Å²) in [5.74, 6) is 0.689. The molecule has 2 aliphatic rings. The van der Waals surface area contributed by atoms with Crippen molar-refractivity contribution in [1.82, 2.24) is 0 Å². The van der Waals surface area contributed by atoms with E-state index >= 15 is 0 Å². The Bertz CT molecular complexity index is 415. The van der Waals surface area contributed by atoms with Crippen molar-refractivity contribution in [2.75, 3.05) is 18.0 Å². The third kappa shape index (κ3) is 2.94. The number of nitrogens with two attached hydrogens (primary N) is 1. The molecule has 104 valence electrons. The van der Waals surface area contributed by atoms with Crippen molar-refractivity contribution in [1.29, 1.82) is 0 Å². The fraction of sp³-hybridized carbons (Fsp3) is 0.647. The van der Waals surface area contributed by atoms with Crippen molar-refractivity contribution in [2.45, 2.75) is 51.0 Å². The van der Waals surface area contributed by atoms with Crippen molar-refractivity contribution < 1.29 is 0 Å². The quantitative estimate of drug-likeness (QED) is 0.824. The van der Waals surface area contributed by atoms with Gasteiger partial charge in [0, 0.05) is 24.8 Å². The van der Waals surface area contributed by atoms with Crippen LogP contribution in [0.1, 0.15) is 44.1 Å². The number of benzene rings is 1. The highest BCUT2D eigenvalue weighted by molar-refractivity contribution is 5.55. The smallest absolute Gasteiger partial charge is 0.0398 e. The SMILES string of the molecule is NC1CCCCCC1CN1CCCc2ccccc21. The summed E-state index contributed by atoms with van der Waals surface area (Å²) in [6.45, 7) is 2.37. The number of para-hydroxylation sites is 1. The van der Waals surface area contributed by atoms with Crippen LogP contribution in [0.2, 0.25) is 0 Å². The first kappa shape index (κ1) is 13.0. The zero-order valence-electron chi connectivity index (χ0n) is 11.9. The minimum absolute atomic E-state index is 0.414. The summed E-state index contributed by atoms with van der Waals surface area (Å²) in [5.41, 5.74) is 9.38. The van der Waals surface area contributed by atoms with Gasteiger partial charge in [0.15, 0.2) is 0 Å². The van der Waals surface area contributed by atoms with E-state index in [1.54, 1.807) is 0 Å². The molecule has 2 unspecified atom stereocenters. The van der Waals surface area contributed by atoms with Crippen LogP contribution >= 0.6 is 0 Å². The molecule has 2 nitrogen and oxygen atoms in total. The fourth-order valence-corrected chi connectivity index (χ4v) is 3.72. The van der Waals surface area contributed by atoms with Crippen LogP contribution in [0.25, 0.3) is 0 Å². The van der Waals surface area contributed by atoms with Gasteiger partial charge in [0.25, 0.3) is 0 Å². The van der Waals surface area contributed by atoms with Gasteiger partial charge in [-0.3, -0.25) is 0 Å². The fourth-order valence-electron chi connectivity index (χ4n) is 3.72. The molecule has 1 aromatic rings. The van der Waals surface area contributed by atoms with E-state index in [2.05, 4.69) is 29.2 Å². The first-order valence-electron chi connectivity index (χ1n) is 7.93. The van der Waals surface area contributed by atoms with Crippen LogP contribution < -0.4 is 10.6 Å². The van der Waals surface area contributed by atoms with Crippen molar-refractivity contribution in [2.24, 2.45) is 11.7 Å². The van der Waals surface area contributed by atoms with Gasteiger partial charge in [-0.1, -0.05) is 37.5 Å². The third-order valence-electron chi connectivity index (χ3n) is 4.88. The molecule has 1 aliphatic heterocycles. The molecule has 0 radical (unpaired) electrons. The van der Waals surface area contributed by atoms with E-state index < -0.39 is 0 Å². The van der Waals surface area contributed by atoms with Gasteiger partial charge < -0.3 is 10.6 Å². The molecule has 3 rings (SSSR count). The van der Waals surface area contributed by atoms with E-state index in [9.17, 15) is 0 Å². The molecule has 1 aliphatic carbocycles. The zero-order valence-corrected chi connectivity index (χ0v) is 11.9. The number of anilines is 1. The summed E-state index contributed by atoms with van der Waals surface area (Å²) in [7, 11) is 0. The zero-order chi connectivity index (χ0) is 13.1. The summed E-state index contributed by atoms with van der Waals surface area (Å²) in [5, 5.41) is 0. The summed E-state index contributed by atoms with van der Waals surface area (Å²) >= 11 is 0. The minimum atomic E-state index is 0.414. The second kappa shape index (κ2) is 5.96. The Balaban J connectivity index is 1.73. The molecule has 1 aromatic carbocycles. The molecule has 19 heavy (non-hydrogen) atoms. The van der Waals surface area contributed by atoms with Gasteiger partial charge in [-0.25, -0.2) is 0 Å². The Labute approximate surface area is 117 Å². The van der Waals surface area contributed by atoms with Gasteiger partial charge in [0.2, 0.25) is 0 Å². The predicted molar refractivity (Wildman–Crippen MR) is 81.5 cm³/mol. The molecular formula is C17H26N2. The van der Waals surface area contributed by atoms with E-state index in [0.29, 0.717) is 12.0 Å². The summed E-state index contributed by atoms with van der Waals surface area (Å²) < 4.78 is 0. The molecular weight excluding hydrogens is 232 g/mol. The Morgan fingerprint density at radius 3 is 2.84 bits per heavy atom. The molecule has 1 fully saturated rings. The minimum Gasteiger partial charge on any atom is -0.371 e. The van der Waals surface area contributed by atoms with E-state index in [0.717, 1.165) is 6.54 Å². The Kier molecular flexibility index (Phi) is 4.07. The van der Waals surface area contributed by atoms with Crippen LogP contribution in [0.5, 0.6) is 0 Å². The van der Waals surface area contributed by atoms with Crippen LogP contribution in [-0.2, 0) is 6.42 Å². The third-order valence-corrected chi connectivity index (χ3v) is 4.88. The topological polar surface area (TPSA) is 29.3 Å². The Morgan fingerprint density at radius 2 is 1.89 bits per heavy atom. The first-order chi connectivity index (χ1) is 9.34. The maximum atomic E-state index is 6.39. The highest BCUT2D eigenvalue weighted by Crippen LogP contribution is 2.30. The van der Waals surface area contributed by atoms with Crippen molar-refractivity contribution in [3.8, 4) is 0 Å². The maximum absolute atomic E-state index is 6.39. The average Bonchev–Trinajstić information content (AvgIpc) is 2.65. The van der Waals surface area contributed by atoms with E-state index in [4.69, 9.17) is 5.73 Å². The molecule has 0 spiro atoms. The van der Waals surface area contributed by atoms with Gasteiger partial charge in [-0.15, -0.1) is 0 Å². The van der Waals surface area contributed by atoms with Crippen molar-refractivity contribution in [3.63, 3.8) is 0 Å². The number of rotatable bonds is 2. The molecule has 0 saturated heterocycles. The number of fused-ring (bicyclic) bond motifs is 1. The molecule has 2 atom stereocenters. The van der Waals surface area contributed by atoms with Crippen LogP contribution in [-0.4, -0.2) is 19.1 Å². The number of nitrogens with zero attached hydrogens (tertiary/aromatic N) is 1. The van der Waals surface area contributed by atoms with Crippen LogP contribution in [0.4, 0.5) is 5.69 Å². The molecule has 2 N–H and O–H groups in total. The molecule has 0 amide bonds. The first-order valence-corrected chi connectivity index (χ1v) is 7.93. The average molecular weight is 258 g/mol. The summed E-state index contributed by atoms with van der Waals surface area (Å²) in [6.07, 6.45) is 9.14. The molecule has 0 aromatic heterocycles. The van der Waals surface area contributed by atoms with Gasteiger partial charge in [-0.2, -0.15) is 0 Å². The maximum Gasteiger partial charge on any atom is 0.0398 e. The highest BCUT2D eigenvalue weighted by atomic mass is 15.1. The van der Waals surface area contributed by atoms with E-state index in [1.807, 2.05) is 0 Å². The van der Waals surface area contributed by atoms with E-state index in [-0.39, 0.29) is 0 Å². The molecule has 0 bridgehead atoms. The number of hydrogen-bond acceptors (Lipinski definition) is 2. The van der Waals surface area contributed by atoms with Crippen LogP contribution in [0.15, 0.2) is 24.3 Å². The lowest BCUT2D eigenvalue weighted by Crippen LogP contribution is -2.40. The summed E-state index contributed by atoms with van der Waals surface area (Å²) in [6, 6.07) is 9.33. The van der Waals surface area contributed by atoms with Gasteiger partial charge in [0.1, 0.15) is 0 Å². The predicted octanol–water partition coefficient (Wildman–Crippen LogP) is 3.35. The van der Waals surface area contributed by atoms with Gasteiger partial charge in [0.05, 0.1) is 0 Å². The number of aryl methyl sites for hydroxylation is 1. The van der Waals surface area contributed by atoms with Crippen LogP contribution in [0.3, 0.4) is 0 Å². The highest BCUT2D eigenvalue weighted by Gasteiger charge is 2.25. The lowest BCUT2D eigenvalue weighted by molar-refractivity contribution is 0.392. The monoisotopic (exact) mass is 258 g/mol. The van der Waals surface area contributed by atoms with Crippen LogP contribution in [0, 0.1) is 5.92 Å². The standard InChI is InChI=1S/C17H26N2/c18-16-10-3-1-2-8-15(16)13-19-12-6-9-14-7-4-5-11-17(14)19/h4-5,7,11,15-16H,1-3,6,8-10,12-13,18H2. The van der Waals surface area contributed by atoms with Gasteiger partial charge >= 0.3 is 0 Å². The normalized spacial score (nSPS) is 27.7. The number of hydrogen-bond donors (Lipinski definition) is 1. The van der Waals surface area contributed by atoms with Crippen molar-refractivity contribution >= 4 is 5.69 Å². The second-order valence-electron chi connectivity index (χ2n) is 6.24. The lowest BCUT2D eigenvalue weighted by Gasteiger charge is -2.35. The summed E-state index contributed by atoms with van der Waals surface area (Å²) in [4.78, 5) is 2.59. The van der Waals surface area contributed by atoms with Gasteiger partial charge in [-0.05, 0) is 43.2 Å². The largest absolute Gasteiger partial charge is 0.371 e.